The van der Waals surface area contributed by atoms with E-state index in [1.165, 1.54) is 43.8 Å². The molecule has 0 heterocycles. The van der Waals surface area contributed by atoms with Gasteiger partial charge in [-0.3, -0.25) is 0 Å². The zero-order chi connectivity index (χ0) is 37.6. The Morgan fingerprint density at radius 3 is 1.57 bits per heavy atom. The number of hydrogen-bond acceptors (Lipinski definition) is 1. The second-order valence-corrected chi connectivity index (χ2v) is 12.6. The molecule has 1 heteroatoms. The van der Waals surface area contributed by atoms with Gasteiger partial charge in [0.05, 0.1) is 0 Å². The third-order valence-electron chi connectivity index (χ3n) is 8.79. The van der Waals surface area contributed by atoms with Crippen molar-refractivity contribution in [2.45, 2.75) is 19.3 Å². The minimum atomic E-state index is 0.161. The topological polar surface area (TPSA) is 12.0 Å². The third kappa shape index (κ3) is 11.9. The molecule has 0 spiro atoms. The van der Waals surface area contributed by atoms with Gasteiger partial charge in [0.2, 0.25) is 0 Å². The lowest BCUT2D eigenvalue weighted by Gasteiger charge is -2.20. The van der Waals surface area contributed by atoms with Gasteiger partial charge in [-0.25, -0.2) is 0 Å². The van der Waals surface area contributed by atoms with E-state index in [1.807, 2.05) is 66.7 Å². The normalized spacial score (nSPS) is 11.5. The van der Waals surface area contributed by atoms with Crippen molar-refractivity contribution < 1.29 is 0 Å². The molecule has 0 aliphatic heterocycles. The van der Waals surface area contributed by atoms with Crippen molar-refractivity contribution >= 4 is 32.9 Å². The average molecular weight is 700 g/mol. The van der Waals surface area contributed by atoms with Crippen LogP contribution in [0.2, 0.25) is 0 Å². The van der Waals surface area contributed by atoms with Crippen LogP contribution in [0.1, 0.15) is 30.4 Å². The summed E-state index contributed by atoms with van der Waals surface area (Å²) in [6, 6.07) is 62.9. The van der Waals surface area contributed by atoms with E-state index in [9.17, 15) is 0 Å². The fourth-order valence-electron chi connectivity index (χ4n) is 6.10. The number of anilines is 2. The lowest BCUT2D eigenvalue weighted by Crippen LogP contribution is -2.03. The molecule has 0 aliphatic rings. The first-order chi connectivity index (χ1) is 26.7. The molecule has 0 amide bonds. The standard InChI is InChI=1S/C27H28.C20H15N.C6H6/c1-4-7-8-9-12-17-23(5-2)22-24(6-3)27(25-18-13-10-14-19-25)26-20-15-11-16-21-26;1-2-8-19(9-3-1)21-20-11-10-17-12-15-6-4-5-7-16(15)13-18(17)14-20;1-2-4-6-5-3-1/h4-8,10-22,27H,1,3,9H2,2H3;1-14,21H;1-6H/b8-7-,17-12-,23-5+,24-22+;;. The zero-order valence-corrected chi connectivity index (χ0v) is 31.1. The first-order valence-electron chi connectivity index (χ1n) is 18.5. The summed E-state index contributed by atoms with van der Waals surface area (Å²) in [6.07, 6.45) is 17.4. The monoisotopic (exact) mass is 699 g/mol. The summed E-state index contributed by atoms with van der Waals surface area (Å²) in [5.74, 6) is 0.161. The minimum Gasteiger partial charge on any atom is -0.356 e. The van der Waals surface area contributed by atoms with Gasteiger partial charge in [0.25, 0.3) is 0 Å². The van der Waals surface area contributed by atoms with Crippen LogP contribution in [0.15, 0.2) is 255 Å². The lowest BCUT2D eigenvalue weighted by atomic mass is 9.84. The summed E-state index contributed by atoms with van der Waals surface area (Å²) in [6.45, 7) is 9.86. The van der Waals surface area contributed by atoms with Crippen molar-refractivity contribution in [3.63, 3.8) is 0 Å². The van der Waals surface area contributed by atoms with Crippen molar-refractivity contribution in [3.05, 3.63) is 266 Å². The van der Waals surface area contributed by atoms with E-state index in [2.05, 4.69) is 183 Å². The van der Waals surface area contributed by atoms with Crippen LogP contribution in [-0.2, 0) is 0 Å². The Morgan fingerprint density at radius 1 is 0.537 bits per heavy atom. The highest BCUT2D eigenvalue weighted by Gasteiger charge is 2.17. The quantitative estimate of drug-likeness (QED) is 0.105. The Morgan fingerprint density at radius 2 is 1.04 bits per heavy atom. The predicted octanol–water partition coefficient (Wildman–Crippen LogP) is 15.0. The molecule has 7 aromatic carbocycles. The molecule has 54 heavy (non-hydrogen) atoms. The maximum Gasteiger partial charge on any atom is 0.0390 e. The first kappa shape index (κ1) is 38.5. The summed E-state index contributed by atoms with van der Waals surface area (Å²) in [5.41, 5.74) is 7.12. The summed E-state index contributed by atoms with van der Waals surface area (Å²) >= 11 is 0. The van der Waals surface area contributed by atoms with Crippen LogP contribution < -0.4 is 5.32 Å². The van der Waals surface area contributed by atoms with Crippen molar-refractivity contribution in [1.82, 2.24) is 0 Å². The number of allylic oxidation sites excluding steroid dienone is 10. The fourth-order valence-corrected chi connectivity index (χ4v) is 6.10. The van der Waals surface area contributed by atoms with Gasteiger partial charge in [0.1, 0.15) is 0 Å². The maximum atomic E-state index is 4.10. The zero-order valence-electron chi connectivity index (χ0n) is 31.1. The van der Waals surface area contributed by atoms with Crippen molar-refractivity contribution in [2.24, 2.45) is 0 Å². The van der Waals surface area contributed by atoms with Crippen molar-refractivity contribution in [1.29, 1.82) is 0 Å². The summed E-state index contributed by atoms with van der Waals surface area (Å²) < 4.78 is 0. The molecule has 0 unspecified atom stereocenters. The average Bonchev–Trinajstić information content (AvgIpc) is 3.24. The SMILES string of the molecule is C=C/C=C\C\C=C/C(=C\C)/C=C(\C=C)C(c1ccccc1)c1ccccc1.c1ccc(Nc2ccc3cc4ccccc4cc3c2)cc1.c1ccccc1. The van der Waals surface area contributed by atoms with E-state index >= 15 is 0 Å². The number of hydrogen-bond donors (Lipinski definition) is 1. The van der Waals surface area contributed by atoms with Gasteiger partial charge in [-0.1, -0.05) is 207 Å². The van der Waals surface area contributed by atoms with Gasteiger partial charge < -0.3 is 5.32 Å². The summed E-state index contributed by atoms with van der Waals surface area (Å²) in [5, 5.41) is 8.54. The van der Waals surface area contributed by atoms with Gasteiger partial charge in [-0.15, -0.1) is 0 Å². The van der Waals surface area contributed by atoms with E-state index in [1.54, 1.807) is 6.08 Å². The molecule has 266 valence electrons. The Balaban J connectivity index is 0.000000183. The molecule has 0 aliphatic carbocycles. The second kappa shape index (κ2) is 21.6. The van der Waals surface area contributed by atoms with E-state index < -0.39 is 0 Å². The predicted molar refractivity (Wildman–Crippen MR) is 237 cm³/mol. The molecule has 0 saturated carbocycles. The number of nitrogens with one attached hydrogen (secondary N) is 1. The first-order valence-corrected chi connectivity index (χ1v) is 18.5. The van der Waals surface area contributed by atoms with Gasteiger partial charge in [-0.2, -0.15) is 0 Å². The molecule has 0 bridgehead atoms. The number of fused-ring (bicyclic) bond motifs is 2. The molecule has 7 rings (SSSR count). The minimum absolute atomic E-state index is 0.161. The van der Waals surface area contributed by atoms with E-state index in [0.717, 1.165) is 17.8 Å². The highest BCUT2D eigenvalue weighted by atomic mass is 14.9. The molecule has 1 nitrogen and oxygen atoms in total. The van der Waals surface area contributed by atoms with Gasteiger partial charge >= 0.3 is 0 Å². The van der Waals surface area contributed by atoms with Crippen LogP contribution in [0.25, 0.3) is 21.5 Å². The molecule has 7 aromatic rings. The van der Waals surface area contributed by atoms with Crippen LogP contribution in [0.4, 0.5) is 11.4 Å². The maximum absolute atomic E-state index is 4.10. The number of rotatable bonds is 11. The van der Waals surface area contributed by atoms with Gasteiger partial charge in [-0.05, 0) is 93.6 Å². The smallest absolute Gasteiger partial charge is 0.0390 e. The van der Waals surface area contributed by atoms with Gasteiger partial charge in [0, 0.05) is 17.3 Å². The second-order valence-electron chi connectivity index (χ2n) is 12.6. The lowest BCUT2D eigenvalue weighted by molar-refractivity contribution is 0.976. The molecule has 0 atom stereocenters. The van der Waals surface area contributed by atoms with Crippen LogP contribution in [0.5, 0.6) is 0 Å². The summed E-state index contributed by atoms with van der Waals surface area (Å²) in [7, 11) is 0. The Labute approximate surface area is 322 Å². The number of benzene rings is 7. The molecule has 0 radical (unpaired) electrons. The van der Waals surface area contributed by atoms with Crippen LogP contribution in [0.3, 0.4) is 0 Å². The summed E-state index contributed by atoms with van der Waals surface area (Å²) in [4.78, 5) is 0. The molecule has 0 saturated heterocycles. The largest absolute Gasteiger partial charge is 0.356 e. The third-order valence-corrected chi connectivity index (χ3v) is 8.79. The van der Waals surface area contributed by atoms with Crippen molar-refractivity contribution in [2.75, 3.05) is 5.32 Å². The van der Waals surface area contributed by atoms with Crippen LogP contribution >= 0.6 is 0 Å². The number of para-hydroxylation sites is 1. The van der Waals surface area contributed by atoms with Gasteiger partial charge in [0.15, 0.2) is 0 Å². The molecular formula is C53H49N. The molecule has 0 fully saturated rings. The molecule has 1 N–H and O–H groups in total. The molecule has 0 aromatic heterocycles. The Hall–Kier alpha value is -6.70. The van der Waals surface area contributed by atoms with Crippen LogP contribution in [0, 0.1) is 0 Å². The van der Waals surface area contributed by atoms with E-state index in [-0.39, 0.29) is 5.92 Å². The highest BCUT2D eigenvalue weighted by molar-refractivity contribution is 5.99. The molecular weight excluding hydrogens is 651 g/mol. The van der Waals surface area contributed by atoms with E-state index in [4.69, 9.17) is 0 Å². The van der Waals surface area contributed by atoms with E-state index in [0.29, 0.717) is 0 Å². The Bertz CT molecular complexity index is 2230. The van der Waals surface area contributed by atoms with Crippen molar-refractivity contribution in [3.8, 4) is 0 Å². The fraction of sp³-hybridized carbons (Fsp3) is 0.0566. The Kier molecular flexibility index (Phi) is 15.4. The highest BCUT2D eigenvalue weighted by Crippen LogP contribution is 2.33. The van der Waals surface area contributed by atoms with Crippen LogP contribution in [-0.4, -0.2) is 0 Å².